The molecule has 0 bridgehead atoms. The predicted molar refractivity (Wildman–Crippen MR) is 442 cm³/mol. The number of halogens is 6. The zero-order chi connectivity index (χ0) is 81.2. The lowest BCUT2D eigenvalue weighted by Crippen LogP contribution is -2.41. The molecule has 34 heteroatoms. The first-order valence-corrected chi connectivity index (χ1v) is 44.5. The number of ether oxygens (including phenoxy) is 6. The van der Waals surface area contributed by atoms with Crippen molar-refractivity contribution in [2.75, 3.05) is 187 Å². The Morgan fingerprint density at radius 3 is 1.07 bits per heavy atom. The molecule has 3 aliphatic heterocycles. The Kier molecular flexibility index (Phi) is 36.4. The minimum atomic E-state index is -3.87. The van der Waals surface area contributed by atoms with Gasteiger partial charge in [0.15, 0.2) is 0 Å². The summed E-state index contributed by atoms with van der Waals surface area (Å²) in [6.45, 7) is 8.16. The molecule has 3 heterocycles. The van der Waals surface area contributed by atoms with E-state index < -0.39 is 30.1 Å². The van der Waals surface area contributed by atoms with Crippen LogP contribution in [-0.4, -0.2) is 259 Å². The smallest absolute Gasteiger partial charge is 0.317 e. The molecular formula is C79H104Cl6N10O15S3. The largest absolute Gasteiger partial charge is 0.379 e. The van der Waals surface area contributed by atoms with Crippen molar-refractivity contribution in [3.8, 4) is 0 Å². The Bertz CT molecular complexity index is 4330. The molecule has 4 amide bonds. The second-order valence-electron chi connectivity index (χ2n) is 28.5. The van der Waals surface area contributed by atoms with Crippen LogP contribution in [0.3, 0.4) is 0 Å². The van der Waals surface area contributed by atoms with E-state index >= 15 is 0 Å². The van der Waals surface area contributed by atoms with E-state index in [1.54, 1.807) is 96.7 Å². The highest BCUT2D eigenvalue weighted by atomic mass is 35.5. The van der Waals surface area contributed by atoms with Crippen LogP contribution in [0.5, 0.6) is 0 Å². The van der Waals surface area contributed by atoms with E-state index in [2.05, 4.69) is 34.2 Å². The number of likely N-dealkylation sites (N-methyl/N-ethyl adjacent to an activating group) is 3. The van der Waals surface area contributed by atoms with Gasteiger partial charge in [0.05, 0.1) is 80.8 Å². The van der Waals surface area contributed by atoms with Crippen LogP contribution < -0.4 is 19.5 Å². The van der Waals surface area contributed by atoms with Crippen LogP contribution in [0.15, 0.2) is 124 Å². The van der Waals surface area contributed by atoms with E-state index in [4.69, 9.17) is 98.0 Å². The number of carbonyl (C=O) groups excluding carboxylic acids is 3. The van der Waals surface area contributed by atoms with Crippen molar-refractivity contribution in [2.45, 2.75) is 90.6 Å². The minimum Gasteiger partial charge on any atom is -0.379 e. The van der Waals surface area contributed by atoms with Crippen molar-refractivity contribution in [3.05, 3.63) is 189 Å². The number of hydrogen-bond acceptors (Lipinski definition) is 18. The summed E-state index contributed by atoms with van der Waals surface area (Å²) < 4.78 is 122. The Labute approximate surface area is 695 Å². The number of carbonyl (C=O) groups is 3. The second-order valence-corrected chi connectivity index (χ2v) is 36.3. The van der Waals surface area contributed by atoms with Gasteiger partial charge < -0.3 is 63.1 Å². The fourth-order valence-corrected chi connectivity index (χ4v) is 18.9. The maximum Gasteiger partial charge on any atom is 0.317 e. The van der Waals surface area contributed by atoms with E-state index in [0.717, 1.165) is 50.1 Å². The molecule has 4 N–H and O–H groups in total. The van der Waals surface area contributed by atoms with E-state index in [-0.39, 0.29) is 162 Å². The fourth-order valence-electron chi connectivity index (χ4n) is 14.0. The molecule has 25 nitrogen and oxygen atoms in total. The van der Waals surface area contributed by atoms with Gasteiger partial charge in [0.1, 0.15) is 0 Å². The third-order valence-electron chi connectivity index (χ3n) is 19.8. The zero-order valence-corrected chi connectivity index (χ0v) is 71.5. The number of urea groups is 1. The third-order valence-corrected chi connectivity index (χ3v) is 25.8. The number of benzene rings is 6. The van der Waals surface area contributed by atoms with Gasteiger partial charge in [-0.15, -0.1) is 0 Å². The quantitative estimate of drug-likeness (QED) is 0.0259. The van der Waals surface area contributed by atoms with Gasteiger partial charge in [-0.3, -0.25) is 9.59 Å². The standard InChI is InChI=1S/C79H104Cl6N10O15S3/c1-90-50-68(65-44-59(80)47-74(83)71(65)53-90)56-13-6-16-62(41-56)111(99,100)87-22-32-108-37-35-105-29-9-19-77(96)93(4)25-11-27-95(78(97)20-10-30-106-36-38-109-33-23-88-112(101,102)63-17-7-14-57(42-63)69-51-91(2)54-72-66(69)45-60(81)48-75(72)84)28-12-26-94(5)79(98)86-21-31-107-39-40-110-34-24-89-113(103,104)64-18-8-15-58(43-64)70-52-92(3)55-73-67(70)46-61(82)49-76(73)85/h6-8,13-18,41-49,68-70,87-89H,9-12,19-40,50-55H2,1-5H3,(H,86,98)/t68-,69-,70-/m0/s1. The maximum atomic E-state index is 13.8. The van der Waals surface area contributed by atoms with Gasteiger partial charge in [-0.1, -0.05) is 106 Å². The Morgan fingerprint density at radius 2 is 0.717 bits per heavy atom. The van der Waals surface area contributed by atoms with Crippen molar-refractivity contribution in [3.63, 3.8) is 0 Å². The molecule has 0 unspecified atom stereocenters. The lowest BCUT2D eigenvalue weighted by Gasteiger charge is -2.33. The number of nitrogens with one attached hydrogen (secondary N) is 4. The summed E-state index contributed by atoms with van der Waals surface area (Å²) in [5.74, 6) is -0.579. The lowest BCUT2D eigenvalue weighted by molar-refractivity contribution is -0.132. The summed E-state index contributed by atoms with van der Waals surface area (Å²) in [5.41, 5.74) is 8.33. The molecule has 0 spiro atoms. The molecule has 0 radical (unpaired) electrons. The molecule has 0 saturated heterocycles. The lowest BCUT2D eigenvalue weighted by atomic mass is 9.85. The topological polar surface area (TPSA) is 277 Å². The second kappa shape index (κ2) is 45.0. The number of hydrogen-bond donors (Lipinski definition) is 4. The Hall–Kier alpha value is -5.36. The van der Waals surface area contributed by atoms with E-state index in [1.165, 1.54) is 4.90 Å². The molecule has 6 aromatic rings. The molecule has 0 aliphatic carbocycles. The fraction of sp³-hybridized carbons (Fsp3) is 0.506. The van der Waals surface area contributed by atoms with Crippen molar-refractivity contribution >= 4 is 118 Å². The summed E-state index contributed by atoms with van der Waals surface area (Å²) in [4.78, 5) is 51.9. The Morgan fingerprint density at radius 1 is 0.398 bits per heavy atom. The van der Waals surface area contributed by atoms with E-state index in [9.17, 15) is 39.6 Å². The summed E-state index contributed by atoms with van der Waals surface area (Å²) in [6, 6.07) is 31.2. The number of amides is 4. The van der Waals surface area contributed by atoms with E-state index in [1.807, 2.05) is 57.5 Å². The van der Waals surface area contributed by atoms with Gasteiger partial charge >= 0.3 is 6.03 Å². The van der Waals surface area contributed by atoms with Crippen LogP contribution in [-0.2, 0) is 87.7 Å². The molecule has 0 fully saturated rings. The summed E-state index contributed by atoms with van der Waals surface area (Å²) >= 11 is 38.9. The molecule has 0 saturated carbocycles. The minimum absolute atomic E-state index is 0.0335. The van der Waals surface area contributed by atoms with Crippen LogP contribution in [0.25, 0.3) is 0 Å². The van der Waals surface area contributed by atoms with Gasteiger partial charge in [-0.05, 0) is 170 Å². The average molecular weight is 1740 g/mol. The molecule has 113 heavy (non-hydrogen) atoms. The first-order chi connectivity index (χ1) is 54.1. The van der Waals surface area contributed by atoms with E-state index in [0.29, 0.717) is 128 Å². The van der Waals surface area contributed by atoms with Crippen molar-refractivity contribution in [1.29, 1.82) is 0 Å². The number of rotatable bonds is 46. The molecule has 620 valence electrons. The highest BCUT2D eigenvalue weighted by Crippen LogP contribution is 2.42. The molecule has 0 aromatic heterocycles. The first kappa shape index (κ1) is 91.5. The van der Waals surface area contributed by atoms with Gasteiger partial charge in [0.25, 0.3) is 0 Å². The van der Waals surface area contributed by atoms with Gasteiger partial charge in [-0.2, -0.15) is 0 Å². The van der Waals surface area contributed by atoms with Crippen molar-refractivity contribution < 1.29 is 68.1 Å². The molecular weight excluding hydrogens is 1640 g/mol. The summed E-state index contributed by atoms with van der Waals surface area (Å²) in [7, 11) is -2.22. The number of sulfonamides is 3. The average Bonchev–Trinajstić information content (AvgIpc) is 0.782. The van der Waals surface area contributed by atoms with Gasteiger partial charge in [0, 0.05) is 180 Å². The van der Waals surface area contributed by atoms with Crippen LogP contribution in [0.2, 0.25) is 30.1 Å². The molecule has 6 aromatic carbocycles. The highest BCUT2D eigenvalue weighted by molar-refractivity contribution is 7.90. The summed E-state index contributed by atoms with van der Waals surface area (Å²) in [5, 5.41) is 6.14. The third kappa shape index (κ3) is 27.9. The van der Waals surface area contributed by atoms with Gasteiger partial charge in [-0.25, -0.2) is 44.2 Å². The van der Waals surface area contributed by atoms with Gasteiger partial charge in [0.2, 0.25) is 41.9 Å². The van der Waals surface area contributed by atoms with Crippen LogP contribution in [0, 0.1) is 0 Å². The molecule has 9 rings (SSSR count). The monoisotopic (exact) mass is 1740 g/mol. The number of nitrogens with zero attached hydrogens (tertiary/aromatic N) is 6. The highest BCUT2D eigenvalue weighted by Gasteiger charge is 2.32. The van der Waals surface area contributed by atoms with Crippen LogP contribution in [0.4, 0.5) is 4.79 Å². The SMILES string of the molecule is CN1Cc2c(Cl)cc(Cl)cc2[C@H](c2cccc(S(=O)(=O)NCCOCCOCCCC(=O)N(C)CCCN(CCCN(C)C(=O)NCCOCCOCCNS(=O)(=O)c3cccc([C@@H]4CN(C)Cc5c(Cl)cc(Cl)cc54)c3)C(=O)CCCOCCOCCNS(=O)(=O)c3cccc([C@@H]4CN(C)Cc5c(Cl)cc(Cl)cc54)c3)c2)C1. The van der Waals surface area contributed by atoms with Crippen molar-refractivity contribution in [1.82, 2.24) is 48.9 Å². The molecule has 3 atom stereocenters. The van der Waals surface area contributed by atoms with Crippen LogP contribution in [0.1, 0.15) is 106 Å². The first-order valence-electron chi connectivity index (χ1n) is 37.8. The molecule has 3 aliphatic rings. The van der Waals surface area contributed by atoms with Crippen molar-refractivity contribution in [2.24, 2.45) is 0 Å². The normalized spacial score (nSPS) is 16.2. The number of fused-ring (bicyclic) bond motifs is 3. The predicted octanol–water partition coefficient (Wildman–Crippen LogP) is 10.9. The Balaban J connectivity index is 0.647. The zero-order valence-electron chi connectivity index (χ0n) is 64.6. The maximum absolute atomic E-state index is 13.8. The van der Waals surface area contributed by atoms with Crippen LogP contribution >= 0.6 is 69.6 Å². The summed E-state index contributed by atoms with van der Waals surface area (Å²) in [6.07, 6.45) is 2.27.